The van der Waals surface area contributed by atoms with Crippen LogP contribution in [0.4, 0.5) is 10.2 Å². The Morgan fingerprint density at radius 1 is 1.07 bits per heavy atom. The number of carbonyl (C=O) groups excluding carboxylic acids is 3. The van der Waals surface area contributed by atoms with E-state index in [-0.39, 0.29) is 29.6 Å². The first-order valence-corrected chi connectivity index (χ1v) is 9.31. The average molecular weight is 403 g/mol. The SMILES string of the molecule is Cc1cc(CC(=O)Nc2ccc(-c3cccc(F)c3)cn2)c2c(c1)C(=O)N(C)C2=O. The monoisotopic (exact) mass is 403 g/mol. The van der Waals surface area contributed by atoms with Crippen molar-refractivity contribution in [3.05, 3.63) is 82.8 Å². The molecule has 1 aromatic heterocycles. The van der Waals surface area contributed by atoms with Crippen LogP contribution in [0, 0.1) is 12.7 Å². The van der Waals surface area contributed by atoms with Gasteiger partial charge in [0, 0.05) is 18.8 Å². The molecular weight excluding hydrogens is 385 g/mol. The Labute approximate surface area is 172 Å². The Morgan fingerprint density at radius 2 is 1.87 bits per heavy atom. The molecule has 0 spiro atoms. The van der Waals surface area contributed by atoms with Gasteiger partial charge in [0.2, 0.25) is 5.91 Å². The number of benzene rings is 2. The predicted octanol–water partition coefficient (Wildman–Crippen LogP) is 3.60. The van der Waals surface area contributed by atoms with Crippen molar-refractivity contribution in [1.82, 2.24) is 9.88 Å². The second kappa shape index (κ2) is 7.51. The summed E-state index contributed by atoms with van der Waals surface area (Å²) in [6.45, 7) is 1.81. The Hall–Kier alpha value is -3.87. The van der Waals surface area contributed by atoms with E-state index in [0.29, 0.717) is 22.5 Å². The number of carbonyl (C=O) groups is 3. The molecule has 0 atom stereocenters. The minimum Gasteiger partial charge on any atom is -0.310 e. The Balaban J connectivity index is 1.52. The lowest BCUT2D eigenvalue weighted by molar-refractivity contribution is -0.115. The quantitative estimate of drug-likeness (QED) is 0.675. The molecule has 150 valence electrons. The number of pyridine rings is 1. The summed E-state index contributed by atoms with van der Waals surface area (Å²) in [5, 5.41) is 2.69. The van der Waals surface area contributed by atoms with E-state index in [1.807, 2.05) is 6.92 Å². The number of aryl methyl sites for hydroxylation is 1. The molecule has 3 amide bonds. The normalized spacial score (nSPS) is 12.8. The number of fused-ring (bicyclic) bond motifs is 1. The highest BCUT2D eigenvalue weighted by Gasteiger charge is 2.35. The fourth-order valence-corrected chi connectivity index (χ4v) is 3.53. The summed E-state index contributed by atoms with van der Waals surface area (Å²) in [6.07, 6.45) is 1.48. The zero-order valence-corrected chi connectivity index (χ0v) is 16.4. The minimum atomic E-state index is -0.407. The molecule has 3 aromatic rings. The van der Waals surface area contributed by atoms with Gasteiger partial charge in [-0.15, -0.1) is 0 Å². The summed E-state index contributed by atoms with van der Waals surface area (Å²) in [4.78, 5) is 42.5. The van der Waals surface area contributed by atoms with Gasteiger partial charge in [0.15, 0.2) is 0 Å². The lowest BCUT2D eigenvalue weighted by Crippen LogP contribution is -2.24. The second-order valence-electron chi connectivity index (χ2n) is 7.18. The molecule has 1 aliphatic rings. The lowest BCUT2D eigenvalue weighted by atomic mass is 9.97. The number of anilines is 1. The van der Waals surface area contributed by atoms with Crippen LogP contribution in [0.1, 0.15) is 31.8 Å². The third kappa shape index (κ3) is 3.57. The highest BCUT2D eigenvalue weighted by Crippen LogP contribution is 2.27. The van der Waals surface area contributed by atoms with Gasteiger partial charge in [-0.3, -0.25) is 19.3 Å². The van der Waals surface area contributed by atoms with Crippen molar-refractivity contribution in [2.75, 3.05) is 12.4 Å². The molecule has 0 saturated carbocycles. The molecule has 0 aliphatic carbocycles. The van der Waals surface area contributed by atoms with Crippen molar-refractivity contribution in [1.29, 1.82) is 0 Å². The van der Waals surface area contributed by atoms with Gasteiger partial charge in [-0.25, -0.2) is 9.37 Å². The minimum absolute atomic E-state index is 0.0653. The van der Waals surface area contributed by atoms with Crippen molar-refractivity contribution in [3.63, 3.8) is 0 Å². The van der Waals surface area contributed by atoms with Gasteiger partial charge >= 0.3 is 0 Å². The van der Waals surface area contributed by atoms with Crippen molar-refractivity contribution >= 4 is 23.5 Å². The van der Waals surface area contributed by atoms with Crippen molar-refractivity contribution < 1.29 is 18.8 Å². The smallest absolute Gasteiger partial charge is 0.261 e. The van der Waals surface area contributed by atoms with E-state index in [4.69, 9.17) is 0 Å². The summed E-state index contributed by atoms with van der Waals surface area (Å²) in [6, 6.07) is 12.9. The van der Waals surface area contributed by atoms with E-state index in [2.05, 4.69) is 10.3 Å². The van der Waals surface area contributed by atoms with Gasteiger partial charge in [0.25, 0.3) is 11.8 Å². The summed E-state index contributed by atoms with van der Waals surface area (Å²) in [5.41, 5.74) is 3.30. The Morgan fingerprint density at radius 3 is 2.57 bits per heavy atom. The largest absolute Gasteiger partial charge is 0.310 e. The fraction of sp³-hybridized carbons (Fsp3) is 0.130. The molecule has 0 radical (unpaired) electrons. The summed E-state index contributed by atoms with van der Waals surface area (Å²) < 4.78 is 13.4. The first kappa shape index (κ1) is 19.4. The molecule has 30 heavy (non-hydrogen) atoms. The van der Waals surface area contributed by atoms with Crippen LogP contribution in [0.3, 0.4) is 0 Å². The number of aromatic nitrogens is 1. The zero-order chi connectivity index (χ0) is 21.4. The summed E-state index contributed by atoms with van der Waals surface area (Å²) in [7, 11) is 1.42. The number of amides is 3. The maximum absolute atomic E-state index is 13.4. The van der Waals surface area contributed by atoms with Gasteiger partial charge in [0.1, 0.15) is 11.6 Å². The molecule has 0 bridgehead atoms. The number of hydrogen-bond acceptors (Lipinski definition) is 4. The van der Waals surface area contributed by atoms with Crippen LogP contribution in [0.25, 0.3) is 11.1 Å². The van der Waals surface area contributed by atoms with Crippen LogP contribution in [0.5, 0.6) is 0 Å². The van der Waals surface area contributed by atoms with Gasteiger partial charge in [0.05, 0.1) is 17.5 Å². The number of nitrogens with one attached hydrogen (secondary N) is 1. The number of nitrogens with zero attached hydrogens (tertiary/aromatic N) is 2. The number of rotatable bonds is 4. The molecule has 1 N–H and O–H groups in total. The average Bonchev–Trinajstić information content (AvgIpc) is 2.92. The highest BCUT2D eigenvalue weighted by atomic mass is 19.1. The van der Waals surface area contributed by atoms with E-state index in [1.54, 1.807) is 42.6 Å². The van der Waals surface area contributed by atoms with E-state index < -0.39 is 5.91 Å². The van der Waals surface area contributed by atoms with Crippen LogP contribution in [-0.4, -0.2) is 34.7 Å². The zero-order valence-electron chi connectivity index (χ0n) is 16.4. The molecule has 0 saturated heterocycles. The third-order valence-electron chi connectivity index (χ3n) is 4.96. The molecule has 7 heteroatoms. The van der Waals surface area contributed by atoms with Crippen LogP contribution in [-0.2, 0) is 11.2 Å². The van der Waals surface area contributed by atoms with Crippen LogP contribution in [0.15, 0.2) is 54.7 Å². The maximum atomic E-state index is 13.4. The van der Waals surface area contributed by atoms with E-state index in [0.717, 1.165) is 16.0 Å². The van der Waals surface area contributed by atoms with Gasteiger partial charge in [-0.05, 0) is 53.9 Å². The number of halogens is 1. The van der Waals surface area contributed by atoms with Gasteiger partial charge in [-0.2, -0.15) is 0 Å². The Kier molecular flexibility index (Phi) is 4.87. The lowest BCUT2D eigenvalue weighted by Gasteiger charge is -2.09. The maximum Gasteiger partial charge on any atom is 0.261 e. The standard InChI is InChI=1S/C23H18FN3O3/c1-13-8-16(21-18(9-13)22(29)27(2)23(21)30)11-20(28)26-19-7-6-15(12-25-19)14-4-3-5-17(24)10-14/h3-10,12H,11H2,1-2H3,(H,25,26,28). The number of hydrogen-bond donors (Lipinski definition) is 1. The molecular formula is C23H18FN3O3. The third-order valence-corrected chi connectivity index (χ3v) is 4.96. The first-order chi connectivity index (χ1) is 14.3. The molecule has 2 heterocycles. The summed E-state index contributed by atoms with van der Waals surface area (Å²) in [5.74, 6) is -1.13. The van der Waals surface area contributed by atoms with Crippen LogP contribution >= 0.6 is 0 Å². The Bertz CT molecular complexity index is 1190. The molecule has 4 rings (SSSR count). The van der Waals surface area contributed by atoms with Crippen molar-refractivity contribution in [2.24, 2.45) is 0 Å². The molecule has 2 aromatic carbocycles. The van der Waals surface area contributed by atoms with E-state index >= 15 is 0 Å². The van der Waals surface area contributed by atoms with Gasteiger partial charge in [-0.1, -0.05) is 18.2 Å². The molecule has 1 aliphatic heterocycles. The molecule has 0 unspecified atom stereocenters. The molecule has 0 fully saturated rings. The van der Waals surface area contributed by atoms with Gasteiger partial charge < -0.3 is 5.32 Å². The predicted molar refractivity (Wildman–Crippen MR) is 110 cm³/mol. The topological polar surface area (TPSA) is 79.4 Å². The summed E-state index contributed by atoms with van der Waals surface area (Å²) >= 11 is 0. The number of imide groups is 1. The fourth-order valence-electron chi connectivity index (χ4n) is 3.53. The second-order valence-corrected chi connectivity index (χ2v) is 7.18. The van der Waals surface area contributed by atoms with E-state index in [9.17, 15) is 18.8 Å². The molecule has 6 nitrogen and oxygen atoms in total. The van der Waals surface area contributed by atoms with E-state index in [1.165, 1.54) is 19.2 Å². The van der Waals surface area contributed by atoms with Crippen LogP contribution in [0.2, 0.25) is 0 Å². The van der Waals surface area contributed by atoms with Crippen LogP contribution < -0.4 is 5.32 Å². The van der Waals surface area contributed by atoms with Crippen molar-refractivity contribution in [2.45, 2.75) is 13.3 Å². The van der Waals surface area contributed by atoms with Crippen molar-refractivity contribution in [3.8, 4) is 11.1 Å². The highest BCUT2D eigenvalue weighted by molar-refractivity contribution is 6.22. The first-order valence-electron chi connectivity index (χ1n) is 9.31.